The maximum absolute atomic E-state index is 2.64. The van der Waals surface area contributed by atoms with Gasteiger partial charge in [0.15, 0.2) is 0 Å². The SMILES string of the molecule is CC1=Cc2c(-c3ccc(C(C)(C)C)c(C)c3)cccc2C1[Si](C)(C)C1C(C)=Cc2c(-c3ccc(C(C)(C)C)c(C)c3)cccc21. The van der Waals surface area contributed by atoms with Crippen molar-refractivity contribution in [3.8, 4) is 22.3 Å². The minimum atomic E-state index is -1.94. The van der Waals surface area contributed by atoms with E-state index in [0.29, 0.717) is 11.1 Å². The van der Waals surface area contributed by atoms with Gasteiger partial charge in [0, 0.05) is 11.1 Å². The molecule has 0 aliphatic heterocycles. The summed E-state index contributed by atoms with van der Waals surface area (Å²) in [6.45, 7) is 28.5. The van der Waals surface area contributed by atoms with Crippen molar-refractivity contribution in [3.05, 3.63) is 128 Å². The van der Waals surface area contributed by atoms with Crippen molar-refractivity contribution >= 4 is 20.2 Å². The molecule has 0 spiro atoms. The maximum atomic E-state index is 2.64. The Morgan fingerprint density at radius 1 is 0.511 bits per heavy atom. The number of hydrogen-bond donors (Lipinski definition) is 0. The Morgan fingerprint density at radius 2 is 0.889 bits per heavy atom. The van der Waals surface area contributed by atoms with Crippen molar-refractivity contribution < 1.29 is 0 Å². The molecule has 6 rings (SSSR count). The number of fused-ring (bicyclic) bond motifs is 2. The molecule has 4 aromatic rings. The van der Waals surface area contributed by atoms with Gasteiger partial charge in [-0.2, -0.15) is 0 Å². The van der Waals surface area contributed by atoms with Crippen LogP contribution in [0.4, 0.5) is 0 Å². The van der Waals surface area contributed by atoms with E-state index >= 15 is 0 Å². The van der Waals surface area contributed by atoms with Crippen LogP contribution in [0.5, 0.6) is 0 Å². The summed E-state index contributed by atoms with van der Waals surface area (Å²) in [7, 11) is -1.94. The maximum Gasteiger partial charge on any atom is 0.0722 e. The second kappa shape index (κ2) is 10.8. The third-order valence-electron chi connectivity index (χ3n) is 10.7. The number of rotatable bonds is 4. The minimum absolute atomic E-state index is 0.149. The normalized spacial score (nSPS) is 18.0. The highest BCUT2D eigenvalue weighted by molar-refractivity contribution is 6.81. The van der Waals surface area contributed by atoms with Crippen molar-refractivity contribution in [2.45, 2.75) is 104 Å². The van der Waals surface area contributed by atoms with Crippen molar-refractivity contribution in [3.63, 3.8) is 0 Å². The van der Waals surface area contributed by atoms with Gasteiger partial charge in [-0.1, -0.05) is 151 Å². The average Bonchev–Trinajstić information content (AvgIpc) is 3.47. The Balaban J connectivity index is 1.40. The van der Waals surface area contributed by atoms with E-state index in [4.69, 9.17) is 0 Å². The molecule has 2 aliphatic carbocycles. The van der Waals surface area contributed by atoms with Crippen LogP contribution in [0.3, 0.4) is 0 Å². The lowest BCUT2D eigenvalue weighted by Crippen LogP contribution is -2.42. The Morgan fingerprint density at radius 3 is 1.22 bits per heavy atom. The zero-order chi connectivity index (χ0) is 32.6. The molecule has 0 saturated heterocycles. The van der Waals surface area contributed by atoms with Gasteiger partial charge < -0.3 is 0 Å². The Hall–Kier alpha value is -3.42. The summed E-state index contributed by atoms with van der Waals surface area (Å²) in [4.78, 5) is 0. The van der Waals surface area contributed by atoms with E-state index in [0.717, 1.165) is 0 Å². The Kier molecular flexibility index (Phi) is 7.60. The fraction of sp³-hybridized carbons (Fsp3) is 0.364. The molecule has 0 aromatic heterocycles. The van der Waals surface area contributed by atoms with Gasteiger partial charge in [0.05, 0.1) is 8.07 Å². The summed E-state index contributed by atoms with van der Waals surface area (Å²) >= 11 is 0. The largest absolute Gasteiger partial charge is 0.0722 e. The lowest BCUT2D eigenvalue weighted by Gasteiger charge is -2.39. The molecule has 0 nitrogen and oxygen atoms in total. The molecule has 0 heterocycles. The first kappa shape index (κ1) is 31.6. The summed E-state index contributed by atoms with van der Waals surface area (Å²) in [6, 6.07) is 28.3. The fourth-order valence-corrected chi connectivity index (χ4v) is 14.0. The van der Waals surface area contributed by atoms with Gasteiger partial charge in [-0.15, -0.1) is 0 Å². The molecule has 1 heteroatoms. The number of benzene rings is 4. The fourth-order valence-electron chi connectivity index (χ4n) is 9.10. The highest BCUT2D eigenvalue weighted by atomic mass is 28.3. The van der Waals surface area contributed by atoms with E-state index in [-0.39, 0.29) is 10.8 Å². The molecule has 232 valence electrons. The van der Waals surface area contributed by atoms with Crippen LogP contribution in [0.25, 0.3) is 34.4 Å². The van der Waals surface area contributed by atoms with E-state index in [1.807, 2.05) is 0 Å². The quantitative estimate of drug-likeness (QED) is 0.202. The molecule has 0 N–H and O–H groups in total. The topological polar surface area (TPSA) is 0 Å². The molecular formula is C44H52Si. The predicted molar refractivity (Wildman–Crippen MR) is 201 cm³/mol. The van der Waals surface area contributed by atoms with Crippen LogP contribution in [0, 0.1) is 13.8 Å². The standard InChI is InChI=1S/C44H52Si/c1-27-23-31(19-21-39(27)43(5,6)7)33-15-13-17-35-37(33)25-29(3)41(35)45(11,12)42-30(4)26-38-34(16-14-18-36(38)42)32-20-22-40(28(2)24-32)44(8,9)10/h13-26,41-42H,1-12H3. The van der Waals surface area contributed by atoms with E-state index in [1.165, 1.54) is 77.9 Å². The Bertz CT molecular complexity index is 1740. The molecule has 4 aromatic carbocycles. The smallest absolute Gasteiger partial charge is 0.0679 e. The van der Waals surface area contributed by atoms with Gasteiger partial charge in [0.1, 0.15) is 0 Å². The molecular weight excluding hydrogens is 557 g/mol. The summed E-state index contributed by atoms with van der Waals surface area (Å²) in [5.74, 6) is 0. The van der Waals surface area contributed by atoms with Crippen LogP contribution in [-0.4, -0.2) is 8.07 Å². The molecule has 0 radical (unpaired) electrons. The minimum Gasteiger partial charge on any atom is -0.0679 e. The first-order chi connectivity index (χ1) is 21.0. The highest BCUT2D eigenvalue weighted by Gasteiger charge is 2.47. The molecule has 2 atom stereocenters. The van der Waals surface area contributed by atoms with Gasteiger partial charge in [-0.3, -0.25) is 0 Å². The predicted octanol–water partition coefficient (Wildman–Crippen LogP) is 12.7. The molecule has 0 fully saturated rings. The summed E-state index contributed by atoms with van der Waals surface area (Å²) < 4.78 is 0. The molecule has 0 bridgehead atoms. The monoisotopic (exact) mass is 608 g/mol. The average molecular weight is 609 g/mol. The lowest BCUT2D eigenvalue weighted by molar-refractivity contribution is 0.586. The summed E-state index contributed by atoms with van der Waals surface area (Å²) in [5, 5.41) is 0. The van der Waals surface area contributed by atoms with Crippen molar-refractivity contribution in [2.75, 3.05) is 0 Å². The van der Waals surface area contributed by atoms with Crippen LogP contribution >= 0.6 is 0 Å². The third kappa shape index (κ3) is 5.32. The van der Waals surface area contributed by atoms with Gasteiger partial charge in [-0.05, 0) is 105 Å². The van der Waals surface area contributed by atoms with E-state index < -0.39 is 8.07 Å². The lowest BCUT2D eigenvalue weighted by atomic mass is 9.82. The first-order valence-corrected chi connectivity index (χ1v) is 20.0. The highest BCUT2D eigenvalue weighted by Crippen LogP contribution is 2.54. The first-order valence-electron chi connectivity index (χ1n) is 16.9. The summed E-state index contributed by atoms with van der Waals surface area (Å²) in [5.41, 5.74) is 21.3. The van der Waals surface area contributed by atoms with Crippen LogP contribution in [-0.2, 0) is 10.8 Å². The van der Waals surface area contributed by atoms with Crippen molar-refractivity contribution in [1.82, 2.24) is 0 Å². The van der Waals surface area contributed by atoms with Gasteiger partial charge in [-0.25, -0.2) is 0 Å². The molecule has 2 unspecified atom stereocenters. The van der Waals surface area contributed by atoms with Crippen LogP contribution in [0.1, 0.15) is 111 Å². The van der Waals surface area contributed by atoms with E-state index in [9.17, 15) is 0 Å². The number of hydrogen-bond acceptors (Lipinski definition) is 0. The van der Waals surface area contributed by atoms with Crippen LogP contribution < -0.4 is 0 Å². The molecule has 0 amide bonds. The van der Waals surface area contributed by atoms with Crippen molar-refractivity contribution in [1.29, 1.82) is 0 Å². The van der Waals surface area contributed by atoms with E-state index in [2.05, 4.69) is 167 Å². The molecule has 0 saturated carbocycles. The van der Waals surface area contributed by atoms with E-state index in [1.54, 1.807) is 0 Å². The van der Waals surface area contributed by atoms with Gasteiger partial charge in [0.2, 0.25) is 0 Å². The molecule has 45 heavy (non-hydrogen) atoms. The zero-order valence-electron chi connectivity index (χ0n) is 29.7. The zero-order valence-corrected chi connectivity index (χ0v) is 30.7. The van der Waals surface area contributed by atoms with Crippen molar-refractivity contribution in [2.24, 2.45) is 0 Å². The second-order valence-electron chi connectivity index (χ2n) is 16.6. The summed E-state index contributed by atoms with van der Waals surface area (Å²) in [6.07, 6.45) is 5.03. The van der Waals surface area contributed by atoms with Crippen LogP contribution in [0.2, 0.25) is 13.1 Å². The van der Waals surface area contributed by atoms with Gasteiger partial charge >= 0.3 is 0 Å². The third-order valence-corrected chi connectivity index (χ3v) is 15.2. The number of aryl methyl sites for hydroxylation is 2. The Labute approximate surface area is 274 Å². The van der Waals surface area contributed by atoms with Gasteiger partial charge in [0.25, 0.3) is 0 Å². The second-order valence-corrected chi connectivity index (χ2v) is 21.4. The molecule has 2 aliphatic rings. The van der Waals surface area contributed by atoms with Crippen LogP contribution in [0.15, 0.2) is 83.9 Å². The number of allylic oxidation sites excluding steroid dienone is 2.